The molecule has 20 heteroatoms. The number of piperidine rings is 2. The number of amides is 3. The predicted octanol–water partition coefficient (Wildman–Crippen LogP) is 7.83. The van der Waals surface area contributed by atoms with Crippen LogP contribution in [0.15, 0.2) is 65.9 Å². The van der Waals surface area contributed by atoms with Gasteiger partial charge in [0.25, 0.3) is 0 Å². The Morgan fingerprint density at radius 3 is 2.44 bits per heavy atom. The first-order valence-electron chi connectivity index (χ1n) is 22.4. The van der Waals surface area contributed by atoms with E-state index in [0.717, 1.165) is 59.8 Å². The Hall–Kier alpha value is -5.76. The van der Waals surface area contributed by atoms with Crippen molar-refractivity contribution in [1.82, 2.24) is 14.9 Å². The summed E-state index contributed by atoms with van der Waals surface area (Å²) in [7, 11) is 5.29. The van der Waals surface area contributed by atoms with Crippen LogP contribution in [0.2, 0.25) is 5.02 Å². The van der Waals surface area contributed by atoms with Gasteiger partial charge >= 0.3 is 18.0 Å². The molecule has 0 bridgehead atoms. The summed E-state index contributed by atoms with van der Waals surface area (Å²) in [4.78, 5) is 76.4. The van der Waals surface area contributed by atoms with Gasteiger partial charge < -0.3 is 50.2 Å². The van der Waals surface area contributed by atoms with Gasteiger partial charge in [0.15, 0.2) is 17.2 Å². The highest BCUT2D eigenvalue weighted by molar-refractivity contribution is 7.97. The number of halogens is 1. The van der Waals surface area contributed by atoms with Crippen molar-refractivity contribution in [2.75, 3.05) is 73.6 Å². The number of hydrogen-bond donors (Lipinski definition) is 5. The van der Waals surface area contributed by atoms with Gasteiger partial charge in [-0.2, -0.15) is 0 Å². The van der Waals surface area contributed by atoms with E-state index in [1.54, 1.807) is 24.3 Å². The molecule has 0 spiro atoms. The molecule has 3 heterocycles. The summed E-state index contributed by atoms with van der Waals surface area (Å²) in [5.74, 6) is -1.99. The van der Waals surface area contributed by atoms with Crippen LogP contribution >= 0.6 is 34.9 Å². The second kappa shape index (κ2) is 25.0. The summed E-state index contributed by atoms with van der Waals surface area (Å²) in [6.07, 6.45) is 12.5. The van der Waals surface area contributed by atoms with Gasteiger partial charge in [-0.15, -0.1) is 11.3 Å². The summed E-state index contributed by atoms with van der Waals surface area (Å²) < 4.78 is 13.4. The average molecular weight is 997 g/mol. The second-order valence-corrected chi connectivity index (χ2v) is 19.7. The summed E-state index contributed by atoms with van der Waals surface area (Å²) in [6, 6.07) is 11.7. The fourth-order valence-corrected chi connectivity index (χ4v) is 10.8. The second-order valence-electron chi connectivity index (χ2n) is 17.3. The third-order valence-corrected chi connectivity index (χ3v) is 14.9. The number of likely N-dealkylation sites (N-methyl/N-ethyl adjacent to an activating group) is 1. The van der Waals surface area contributed by atoms with Crippen LogP contribution in [0.3, 0.4) is 0 Å². The number of nitrogens with two attached hydrogens (primary N) is 1. The predicted molar refractivity (Wildman–Crippen MR) is 269 cm³/mol. The van der Waals surface area contributed by atoms with E-state index >= 15 is 0 Å². The number of aromatic carboxylic acids is 1. The first-order chi connectivity index (χ1) is 32.5. The van der Waals surface area contributed by atoms with Crippen molar-refractivity contribution in [2.45, 2.75) is 89.3 Å². The number of carbonyl (C=O) groups is 6. The number of allylic oxidation sites excluding steroid dienone is 2. The van der Waals surface area contributed by atoms with Crippen molar-refractivity contribution in [3.63, 3.8) is 0 Å². The summed E-state index contributed by atoms with van der Waals surface area (Å²) in [5.41, 5.74) is 11.5. The number of carbonyl (C=O) groups excluding carboxylic acids is 4. The van der Waals surface area contributed by atoms with Crippen LogP contribution < -0.4 is 35.8 Å². The first kappa shape index (κ1) is 53.2. The molecule has 1 aromatic heterocycles. The molecule has 2 aliphatic heterocycles. The fraction of sp³-hybridized carbons (Fsp3) is 0.458. The zero-order chi connectivity index (χ0) is 49.5. The third kappa shape index (κ3) is 14.4. The molecule has 6 N–H and O–H groups in total. The number of thiophene rings is 1. The van der Waals surface area contributed by atoms with E-state index in [1.807, 2.05) is 49.1 Å². The number of aldehydes is 1. The largest absolute Gasteiger partial charge is 0.479 e. The molecule has 3 aliphatic rings. The lowest BCUT2D eigenvalue weighted by Crippen LogP contribution is -2.46. The van der Waals surface area contributed by atoms with Gasteiger partial charge in [0.2, 0.25) is 12.3 Å². The van der Waals surface area contributed by atoms with E-state index in [0.29, 0.717) is 54.2 Å². The van der Waals surface area contributed by atoms with E-state index in [1.165, 1.54) is 36.8 Å². The van der Waals surface area contributed by atoms with Gasteiger partial charge in [-0.05, 0) is 87.9 Å². The van der Waals surface area contributed by atoms with E-state index in [-0.39, 0.29) is 46.0 Å². The molecule has 2 aromatic carbocycles. The number of alkyl carbamates (subject to hydrolysis) is 1. The summed E-state index contributed by atoms with van der Waals surface area (Å²) in [5, 5.41) is 23.4. The van der Waals surface area contributed by atoms with Crippen molar-refractivity contribution in [3.8, 4) is 16.2 Å². The van der Waals surface area contributed by atoms with Crippen LogP contribution in [-0.2, 0) is 23.9 Å². The quantitative estimate of drug-likeness (QED) is 0.0438. The van der Waals surface area contributed by atoms with E-state index in [2.05, 4.69) is 45.8 Å². The molecule has 3 aromatic rings. The maximum absolute atomic E-state index is 12.9. The molecule has 1 atom stereocenters. The Kier molecular flexibility index (Phi) is 19.6. The zero-order valence-corrected chi connectivity index (χ0v) is 41.5. The van der Waals surface area contributed by atoms with Crippen molar-refractivity contribution < 1.29 is 48.5 Å². The lowest BCUT2D eigenvalue weighted by molar-refractivity contribution is -0.139. The molecular formula is C48H62ClN7O10S2. The molecule has 17 nitrogen and oxygen atoms in total. The van der Waals surface area contributed by atoms with Crippen LogP contribution in [0.25, 0.3) is 10.4 Å². The maximum Gasteiger partial charge on any atom is 0.411 e. The molecule has 0 saturated carbocycles. The Morgan fingerprint density at radius 2 is 1.81 bits per heavy atom. The van der Waals surface area contributed by atoms with Crippen LogP contribution in [0.5, 0.6) is 5.75 Å². The topological polar surface area (TPSA) is 224 Å². The normalized spacial score (nSPS) is 16.4. The number of aliphatic carboxylic acids is 1. The molecule has 0 radical (unpaired) electrons. The monoisotopic (exact) mass is 995 g/mol. The molecule has 2 saturated heterocycles. The number of ether oxygens (including phenoxy) is 2. The molecular weight excluding hydrogens is 934 g/mol. The number of rotatable bonds is 19. The van der Waals surface area contributed by atoms with Gasteiger partial charge in [-0.25, -0.2) is 18.7 Å². The molecule has 3 amide bonds. The van der Waals surface area contributed by atoms with E-state index < -0.39 is 30.7 Å². The summed E-state index contributed by atoms with van der Waals surface area (Å²) >= 11 is 8.95. The maximum atomic E-state index is 12.9. The number of carboxylic acids is 2. The zero-order valence-electron chi connectivity index (χ0n) is 39.1. The number of carboxylic acid groups (broad SMARTS) is 2. The Morgan fingerprint density at radius 1 is 1.06 bits per heavy atom. The summed E-state index contributed by atoms with van der Waals surface area (Å²) in [6.45, 7) is 6.52. The number of nitrogen functional groups attached to an aromatic ring is 1. The number of nitrogens with one attached hydrogen (secondary N) is 2. The van der Waals surface area contributed by atoms with Crippen LogP contribution in [0, 0.1) is 0 Å². The fourth-order valence-electron chi connectivity index (χ4n) is 8.17. The minimum Gasteiger partial charge on any atom is -0.479 e. The van der Waals surface area contributed by atoms with Crippen LogP contribution in [0.1, 0.15) is 81.3 Å². The third-order valence-electron chi connectivity index (χ3n) is 11.8. The Balaban J connectivity index is 0.000000342. The first-order valence-corrected chi connectivity index (χ1v) is 24.6. The molecule has 1 unspecified atom stereocenters. The van der Waals surface area contributed by atoms with E-state index in [9.17, 15) is 28.8 Å². The number of nitrogens with zero attached hydrogens (tertiary/aromatic N) is 4. The van der Waals surface area contributed by atoms with Gasteiger partial charge in [-0.3, -0.25) is 14.9 Å². The highest BCUT2D eigenvalue weighted by Crippen LogP contribution is 2.46. The van der Waals surface area contributed by atoms with E-state index in [4.69, 9.17) is 37.0 Å². The SMILES string of the molecule is CNC(=O)C(CCC=O)N(C=O)c1ccc(N2CCC(OC(=O)NC3=CCCC(CSN4CCCCC4(C)C)=C3)CC2)cc1N(C)C.Nc1cccc(-c2sc(C(=O)O)c(OCC(=O)O)c2Cl)c1. The highest BCUT2D eigenvalue weighted by atomic mass is 35.5. The minimum atomic E-state index is -1.24. The number of hydrogen-bond acceptors (Lipinski definition) is 14. The molecule has 1 aliphatic carbocycles. The molecule has 68 heavy (non-hydrogen) atoms. The lowest BCUT2D eigenvalue weighted by Gasteiger charge is -2.41. The van der Waals surface area contributed by atoms with Crippen LogP contribution in [-0.4, -0.2) is 122 Å². The minimum absolute atomic E-state index is 0.0595. The lowest BCUT2D eigenvalue weighted by atomic mass is 9.93. The van der Waals surface area contributed by atoms with Crippen molar-refractivity contribution >= 4 is 94.3 Å². The van der Waals surface area contributed by atoms with Gasteiger partial charge in [0, 0.05) is 88.4 Å². The average Bonchev–Trinajstić information content (AvgIpc) is 3.65. The Labute approximate surface area is 410 Å². The molecule has 6 rings (SSSR count). The van der Waals surface area contributed by atoms with Gasteiger partial charge in [0.1, 0.15) is 23.5 Å². The van der Waals surface area contributed by atoms with Crippen LogP contribution in [0.4, 0.5) is 27.5 Å². The van der Waals surface area contributed by atoms with Gasteiger partial charge in [-0.1, -0.05) is 53.8 Å². The standard InChI is InChI=1S/C35H52N6O5S.C13H10ClNO5S/c1-35(2)17-6-7-18-41(35)47-24-26-10-8-11-27(22-26)37-34(45)46-29-15-19-39(20-16-29)28-13-14-30(32(23-28)38(4)5)40(25-43)31(12-9-21-42)33(44)36-3;14-9-10(20-5-8(16)17)12(13(18)19)21-11(9)6-2-1-3-7(15)4-6/h11,13-14,21-23,25,29,31H,6-10,12,15-20,24H2,1-5H3,(H,36,44)(H,37,45);1-4H,5,15H2,(H,16,17)(H,18,19). The van der Waals surface area contributed by atoms with Gasteiger partial charge in [0.05, 0.1) is 16.3 Å². The highest BCUT2D eigenvalue weighted by Gasteiger charge is 2.32. The Bertz CT molecular complexity index is 2350. The number of anilines is 4. The molecule has 2 fully saturated rings. The van der Waals surface area contributed by atoms with Crippen molar-refractivity contribution in [1.29, 1.82) is 0 Å². The smallest absolute Gasteiger partial charge is 0.411 e. The number of benzene rings is 2. The van der Waals surface area contributed by atoms with Crippen molar-refractivity contribution in [3.05, 3.63) is 75.8 Å². The molecule has 368 valence electrons. The van der Waals surface area contributed by atoms with Crippen molar-refractivity contribution in [2.24, 2.45) is 0 Å².